The van der Waals surface area contributed by atoms with Crippen molar-refractivity contribution < 1.29 is 9.18 Å². The van der Waals surface area contributed by atoms with Crippen molar-refractivity contribution >= 4 is 39.1 Å². The van der Waals surface area contributed by atoms with Crippen LogP contribution in [0.15, 0.2) is 28.9 Å². The number of aromatic nitrogens is 2. The number of rotatable bonds is 2. The maximum Gasteiger partial charge on any atom is 0.269 e. The number of carbonyl (C=O) groups excluding carboxylic acids is 1. The first kappa shape index (κ1) is 11.2. The first-order valence-electron chi connectivity index (χ1n) is 4.20. The molecule has 1 amide bonds. The Morgan fingerprint density at radius 3 is 2.94 bits per heavy atom. The van der Waals surface area contributed by atoms with E-state index in [0.29, 0.717) is 9.35 Å². The topological polar surface area (TPSA) is 54.9 Å². The van der Waals surface area contributed by atoms with E-state index in [-0.39, 0.29) is 5.69 Å². The summed E-state index contributed by atoms with van der Waals surface area (Å²) in [6.07, 6.45) is 1.33. The van der Waals surface area contributed by atoms with Crippen molar-refractivity contribution in [1.82, 2.24) is 9.59 Å². The predicted molar refractivity (Wildman–Crippen MR) is 62.0 cm³/mol. The Labute approximate surface area is 103 Å². The van der Waals surface area contributed by atoms with Crippen molar-refractivity contribution in [2.24, 2.45) is 0 Å². The highest BCUT2D eigenvalue weighted by molar-refractivity contribution is 9.10. The molecule has 7 heteroatoms. The van der Waals surface area contributed by atoms with Crippen LogP contribution in [-0.4, -0.2) is 15.5 Å². The van der Waals surface area contributed by atoms with Gasteiger partial charge in [-0.05, 0) is 29.7 Å². The summed E-state index contributed by atoms with van der Waals surface area (Å²) in [5.41, 5.74) is 0.126. The Hall–Kier alpha value is -1.34. The number of hydrogen-bond acceptors (Lipinski definition) is 4. The Balaban J connectivity index is 2.18. The zero-order valence-corrected chi connectivity index (χ0v) is 10.2. The number of amides is 1. The van der Waals surface area contributed by atoms with Gasteiger partial charge in [0.05, 0.1) is 11.9 Å². The number of carbonyl (C=O) groups is 1. The van der Waals surface area contributed by atoms with Gasteiger partial charge in [0, 0.05) is 4.47 Å². The molecule has 0 fully saturated rings. The van der Waals surface area contributed by atoms with Crippen molar-refractivity contribution in [3.8, 4) is 0 Å². The van der Waals surface area contributed by atoms with Crippen molar-refractivity contribution in [2.75, 3.05) is 5.32 Å². The molecule has 1 aromatic carbocycles. The summed E-state index contributed by atoms with van der Waals surface area (Å²) in [5, 5.41) is 5.96. The van der Waals surface area contributed by atoms with Gasteiger partial charge in [-0.25, -0.2) is 4.39 Å². The molecular formula is C9H5BrFN3OS. The van der Waals surface area contributed by atoms with E-state index in [0.717, 1.165) is 11.5 Å². The lowest BCUT2D eigenvalue weighted by atomic mass is 10.3. The monoisotopic (exact) mass is 301 g/mol. The summed E-state index contributed by atoms with van der Waals surface area (Å²) in [4.78, 5) is 11.9. The zero-order chi connectivity index (χ0) is 11.5. The van der Waals surface area contributed by atoms with Crippen LogP contribution in [0.2, 0.25) is 0 Å². The number of anilines is 1. The largest absolute Gasteiger partial charge is 0.319 e. The van der Waals surface area contributed by atoms with E-state index >= 15 is 0 Å². The average Bonchev–Trinajstić information content (AvgIpc) is 2.75. The molecule has 0 spiro atoms. The fourth-order valence-electron chi connectivity index (χ4n) is 1.04. The second-order valence-electron chi connectivity index (χ2n) is 2.86. The Morgan fingerprint density at radius 2 is 2.31 bits per heavy atom. The van der Waals surface area contributed by atoms with Crippen LogP contribution >= 0.6 is 27.5 Å². The van der Waals surface area contributed by atoms with Crippen LogP contribution in [0.3, 0.4) is 0 Å². The van der Waals surface area contributed by atoms with Crippen LogP contribution in [0.1, 0.15) is 9.67 Å². The van der Waals surface area contributed by atoms with Gasteiger partial charge in [0.25, 0.3) is 5.91 Å². The van der Waals surface area contributed by atoms with Crippen LogP contribution in [0.5, 0.6) is 0 Å². The molecule has 1 heterocycles. The van der Waals surface area contributed by atoms with Gasteiger partial charge >= 0.3 is 0 Å². The molecule has 0 bridgehead atoms. The van der Waals surface area contributed by atoms with E-state index in [2.05, 4.69) is 30.8 Å². The molecule has 2 aromatic rings. The van der Waals surface area contributed by atoms with E-state index in [1.807, 2.05) is 0 Å². The molecule has 0 radical (unpaired) electrons. The molecule has 1 N–H and O–H groups in total. The Morgan fingerprint density at radius 1 is 1.50 bits per heavy atom. The maximum atomic E-state index is 13.4. The molecule has 0 unspecified atom stereocenters. The molecule has 16 heavy (non-hydrogen) atoms. The number of nitrogens with one attached hydrogen (secondary N) is 1. The first-order chi connectivity index (χ1) is 7.66. The highest BCUT2D eigenvalue weighted by Gasteiger charge is 2.11. The van der Waals surface area contributed by atoms with Crippen LogP contribution in [0.4, 0.5) is 10.1 Å². The molecule has 0 aliphatic rings. The molecule has 0 saturated carbocycles. The van der Waals surface area contributed by atoms with Crippen LogP contribution in [0.25, 0.3) is 0 Å². The summed E-state index contributed by atoms with van der Waals surface area (Å²) >= 11 is 4.08. The van der Waals surface area contributed by atoms with Crippen molar-refractivity contribution in [3.63, 3.8) is 0 Å². The summed E-state index contributed by atoms with van der Waals surface area (Å²) in [5.74, 6) is -0.920. The van der Waals surface area contributed by atoms with Crippen LogP contribution in [-0.2, 0) is 0 Å². The minimum absolute atomic E-state index is 0.126. The van der Waals surface area contributed by atoms with E-state index in [9.17, 15) is 9.18 Å². The molecular weight excluding hydrogens is 297 g/mol. The van der Waals surface area contributed by atoms with Gasteiger partial charge in [0.15, 0.2) is 0 Å². The van der Waals surface area contributed by atoms with Crippen LogP contribution in [0, 0.1) is 5.82 Å². The van der Waals surface area contributed by atoms with E-state index in [4.69, 9.17) is 0 Å². The fourth-order valence-corrected chi connectivity index (χ4v) is 1.79. The molecule has 0 atom stereocenters. The summed E-state index contributed by atoms with van der Waals surface area (Å²) in [7, 11) is 0. The van der Waals surface area contributed by atoms with Crippen molar-refractivity contribution in [3.05, 3.63) is 39.6 Å². The number of nitrogens with zero attached hydrogens (tertiary/aromatic N) is 2. The quantitative estimate of drug-likeness (QED) is 0.928. The van der Waals surface area contributed by atoms with Crippen LogP contribution < -0.4 is 5.32 Å². The summed E-state index contributed by atoms with van der Waals surface area (Å²) in [6.45, 7) is 0. The third-order valence-corrected chi connectivity index (χ3v) is 2.92. The lowest BCUT2D eigenvalue weighted by Crippen LogP contribution is -2.11. The second-order valence-corrected chi connectivity index (χ2v) is 4.56. The minimum atomic E-state index is -0.500. The van der Waals surface area contributed by atoms with Gasteiger partial charge in [-0.15, -0.1) is 5.10 Å². The molecule has 2 rings (SSSR count). The third-order valence-electron chi connectivity index (χ3n) is 1.76. The Kier molecular flexibility index (Phi) is 3.25. The zero-order valence-electron chi connectivity index (χ0n) is 7.78. The van der Waals surface area contributed by atoms with Gasteiger partial charge in [0.1, 0.15) is 10.7 Å². The fraction of sp³-hybridized carbons (Fsp3) is 0. The lowest BCUT2D eigenvalue weighted by Gasteiger charge is -2.04. The highest BCUT2D eigenvalue weighted by Crippen LogP contribution is 2.20. The molecule has 0 aliphatic heterocycles. The maximum absolute atomic E-state index is 13.4. The molecule has 4 nitrogen and oxygen atoms in total. The van der Waals surface area contributed by atoms with Gasteiger partial charge in [-0.3, -0.25) is 4.79 Å². The van der Waals surface area contributed by atoms with Gasteiger partial charge in [-0.2, -0.15) is 0 Å². The number of hydrogen-bond donors (Lipinski definition) is 1. The second kappa shape index (κ2) is 4.67. The predicted octanol–water partition coefficient (Wildman–Crippen LogP) is 2.69. The third kappa shape index (κ3) is 2.42. The van der Waals surface area contributed by atoms with Gasteiger partial charge in [0.2, 0.25) is 0 Å². The van der Waals surface area contributed by atoms with Crippen molar-refractivity contribution in [1.29, 1.82) is 0 Å². The summed E-state index contributed by atoms with van der Waals surface area (Å²) in [6, 6.07) is 4.40. The smallest absolute Gasteiger partial charge is 0.269 e. The lowest BCUT2D eigenvalue weighted by molar-refractivity contribution is 0.103. The number of benzene rings is 1. The van der Waals surface area contributed by atoms with Gasteiger partial charge in [-0.1, -0.05) is 20.4 Å². The highest BCUT2D eigenvalue weighted by atomic mass is 79.9. The van der Waals surface area contributed by atoms with E-state index in [1.165, 1.54) is 18.3 Å². The normalized spacial score (nSPS) is 10.1. The SMILES string of the molecule is O=C(Nc1ccc(Br)cc1F)c1cnns1. The van der Waals surface area contributed by atoms with Gasteiger partial charge < -0.3 is 5.32 Å². The minimum Gasteiger partial charge on any atom is -0.319 e. The average molecular weight is 302 g/mol. The van der Waals surface area contributed by atoms with E-state index in [1.54, 1.807) is 6.07 Å². The first-order valence-corrected chi connectivity index (χ1v) is 5.77. The molecule has 1 aromatic heterocycles. The van der Waals surface area contributed by atoms with E-state index < -0.39 is 11.7 Å². The number of halogens is 2. The standard InChI is InChI=1S/C9H5BrFN3OS/c10-5-1-2-7(6(11)3-5)13-9(15)8-4-12-14-16-8/h1-4H,(H,13,15). The van der Waals surface area contributed by atoms with Crippen molar-refractivity contribution in [2.45, 2.75) is 0 Å². The molecule has 0 aliphatic carbocycles. The Bertz CT molecular complexity index is 517. The molecule has 0 saturated heterocycles. The molecule has 82 valence electrons. The summed E-state index contributed by atoms with van der Waals surface area (Å²) < 4.78 is 17.5.